The predicted molar refractivity (Wildman–Crippen MR) is 108 cm³/mol. The molecule has 0 radical (unpaired) electrons. The minimum Gasteiger partial charge on any atom is -0.508 e. The van der Waals surface area contributed by atoms with Gasteiger partial charge in [0.15, 0.2) is 5.17 Å². The minimum atomic E-state index is -0.105. The van der Waals surface area contributed by atoms with Gasteiger partial charge in [-0.25, -0.2) is 4.99 Å². The molecule has 4 nitrogen and oxygen atoms in total. The van der Waals surface area contributed by atoms with E-state index >= 15 is 0 Å². The number of benzene rings is 2. The first-order valence-electron chi connectivity index (χ1n) is 8.09. The zero-order chi connectivity index (χ0) is 18.4. The van der Waals surface area contributed by atoms with Crippen molar-refractivity contribution in [2.24, 2.45) is 4.99 Å². The highest BCUT2D eigenvalue weighted by Crippen LogP contribution is 2.33. The van der Waals surface area contributed by atoms with Gasteiger partial charge in [0.2, 0.25) is 0 Å². The molecule has 1 aliphatic rings. The van der Waals surface area contributed by atoms with Crippen LogP contribution in [0.4, 0.5) is 5.69 Å². The lowest BCUT2D eigenvalue weighted by molar-refractivity contribution is -0.121. The van der Waals surface area contributed by atoms with Crippen LogP contribution >= 0.6 is 11.8 Å². The Kier molecular flexibility index (Phi) is 5.71. The summed E-state index contributed by atoms with van der Waals surface area (Å²) < 4.78 is 0. The molecular formula is C21H18N2O2S. The highest BCUT2D eigenvalue weighted by molar-refractivity contribution is 8.18. The van der Waals surface area contributed by atoms with Gasteiger partial charge in [0.05, 0.1) is 10.6 Å². The molecule has 0 bridgehead atoms. The van der Waals surface area contributed by atoms with E-state index in [-0.39, 0.29) is 11.7 Å². The highest BCUT2D eigenvalue weighted by Gasteiger charge is 2.32. The van der Waals surface area contributed by atoms with Crippen LogP contribution in [0.15, 0.2) is 89.3 Å². The molecule has 1 fully saturated rings. The first-order chi connectivity index (χ1) is 12.7. The lowest BCUT2D eigenvalue weighted by atomic mass is 10.2. The molecule has 1 heterocycles. The van der Waals surface area contributed by atoms with E-state index in [2.05, 4.69) is 11.6 Å². The fourth-order valence-corrected chi connectivity index (χ4v) is 3.34. The van der Waals surface area contributed by atoms with E-state index < -0.39 is 0 Å². The molecule has 2 aromatic rings. The van der Waals surface area contributed by atoms with Crippen LogP contribution in [0, 0.1) is 0 Å². The average Bonchev–Trinajstić information content (AvgIpc) is 2.92. The Bertz CT molecular complexity index is 901. The molecule has 0 unspecified atom stereocenters. The third-order valence-corrected chi connectivity index (χ3v) is 4.61. The smallest absolute Gasteiger partial charge is 0.267 e. The van der Waals surface area contributed by atoms with Gasteiger partial charge in [-0.15, -0.1) is 6.58 Å². The van der Waals surface area contributed by atoms with Gasteiger partial charge in [0, 0.05) is 12.6 Å². The zero-order valence-electron chi connectivity index (χ0n) is 14.1. The van der Waals surface area contributed by atoms with Crippen molar-refractivity contribution in [1.29, 1.82) is 0 Å². The Morgan fingerprint density at radius 3 is 2.69 bits per heavy atom. The van der Waals surface area contributed by atoms with Gasteiger partial charge in [-0.1, -0.05) is 54.6 Å². The van der Waals surface area contributed by atoms with Gasteiger partial charge < -0.3 is 5.11 Å². The molecule has 1 saturated heterocycles. The molecular weight excluding hydrogens is 344 g/mol. The maximum Gasteiger partial charge on any atom is 0.267 e. The summed E-state index contributed by atoms with van der Waals surface area (Å²) in [6.07, 6.45) is 7.27. The van der Waals surface area contributed by atoms with Crippen LogP contribution in [0.1, 0.15) is 5.56 Å². The summed E-state index contributed by atoms with van der Waals surface area (Å²) in [5, 5.41) is 10.2. The summed E-state index contributed by atoms with van der Waals surface area (Å²) in [5.41, 5.74) is 1.66. The van der Waals surface area contributed by atoms with Gasteiger partial charge in [0.1, 0.15) is 5.75 Å². The number of aliphatic imine (C=N–C) groups is 1. The van der Waals surface area contributed by atoms with Crippen LogP contribution in [0.2, 0.25) is 0 Å². The molecule has 0 aromatic heterocycles. The summed E-state index contributed by atoms with van der Waals surface area (Å²) in [5.74, 6) is 0.0320. The average molecular weight is 362 g/mol. The number of allylic oxidation sites excluding steroid dienone is 2. The lowest BCUT2D eigenvalue weighted by Crippen LogP contribution is -2.29. The maximum absolute atomic E-state index is 12.6. The predicted octanol–water partition coefficient (Wildman–Crippen LogP) is 4.74. The molecule has 5 heteroatoms. The summed E-state index contributed by atoms with van der Waals surface area (Å²) in [6, 6.07) is 16.5. The second-order valence-electron chi connectivity index (χ2n) is 5.52. The maximum atomic E-state index is 12.6. The molecule has 2 aromatic carbocycles. The van der Waals surface area contributed by atoms with E-state index in [1.165, 1.54) is 11.8 Å². The lowest BCUT2D eigenvalue weighted by Gasteiger charge is -2.12. The van der Waals surface area contributed by atoms with Crippen LogP contribution < -0.4 is 0 Å². The van der Waals surface area contributed by atoms with E-state index in [0.29, 0.717) is 22.3 Å². The Labute approximate surface area is 156 Å². The monoisotopic (exact) mass is 362 g/mol. The molecule has 26 heavy (non-hydrogen) atoms. The standard InChI is InChI=1S/C21H18N2O2S/c1-2-14-23-20(25)19(13-6-10-16-8-4-3-5-9-16)26-21(23)22-17-11-7-12-18(24)15-17/h2-13,15,24H,1,14H2. The topological polar surface area (TPSA) is 52.9 Å². The van der Waals surface area contributed by atoms with Crippen molar-refractivity contribution in [3.05, 3.63) is 89.9 Å². The number of amidine groups is 1. The first kappa shape index (κ1) is 17.8. The number of hydrogen-bond donors (Lipinski definition) is 1. The number of carbonyl (C=O) groups is 1. The molecule has 1 N–H and O–H groups in total. The van der Waals surface area contributed by atoms with Crippen LogP contribution in [0.3, 0.4) is 0 Å². The molecule has 1 amide bonds. The van der Waals surface area contributed by atoms with Crippen molar-refractivity contribution in [2.75, 3.05) is 6.54 Å². The van der Waals surface area contributed by atoms with Gasteiger partial charge >= 0.3 is 0 Å². The van der Waals surface area contributed by atoms with E-state index in [4.69, 9.17) is 0 Å². The Balaban J connectivity index is 1.85. The van der Waals surface area contributed by atoms with E-state index in [0.717, 1.165) is 5.56 Å². The van der Waals surface area contributed by atoms with Crippen molar-refractivity contribution in [3.63, 3.8) is 0 Å². The fraction of sp³-hybridized carbons (Fsp3) is 0.0476. The second kappa shape index (κ2) is 8.36. The molecule has 0 spiro atoms. The van der Waals surface area contributed by atoms with Gasteiger partial charge in [-0.2, -0.15) is 0 Å². The number of aromatic hydroxyl groups is 1. The number of phenolic OH excluding ortho intramolecular Hbond substituents is 1. The summed E-state index contributed by atoms with van der Waals surface area (Å²) in [6.45, 7) is 4.09. The Morgan fingerprint density at radius 2 is 1.96 bits per heavy atom. The number of thioether (sulfide) groups is 1. The number of amides is 1. The number of nitrogens with zero attached hydrogens (tertiary/aromatic N) is 2. The SMILES string of the molecule is C=CCN1C(=O)C(=CC=Cc2ccccc2)SC1=Nc1cccc(O)c1. The summed E-state index contributed by atoms with van der Waals surface area (Å²) in [7, 11) is 0. The van der Waals surface area contributed by atoms with Crippen molar-refractivity contribution in [2.45, 2.75) is 0 Å². The number of carbonyl (C=O) groups excluding carboxylic acids is 1. The Morgan fingerprint density at radius 1 is 1.15 bits per heavy atom. The zero-order valence-corrected chi connectivity index (χ0v) is 14.9. The Hall–Kier alpha value is -3.05. The van der Waals surface area contributed by atoms with Crippen molar-refractivity contribution in [1.82, 2.24) is 4.90 Å². The van der Waals surface area contributed by atoms with E-state index in [9.17, 15) is 9.90 Å². The summed E-state index contributed by atoms with van der Waals surface area (Å²) >= 11 is 1.31. The molecule has 1 aliphatic heterocycles. The van der Waals surface area contributed by atoms with E-state index in [1.807, 2.05) is 42.5 Å². The number of hydrogen-bond acceptors (Lipinski definition) is 4. The highest BCUT2D eigenvalue weighted by atomic mass is 32.2. The minimum absolute atomic E-state index is 0.105. The molecule has 0 aliphatic carbocycles. The largest absolute Gasteiger partial charge is 0.508 e. The van der Waals surface area contributed by atoms with Crippen LogP contribution in [0.25, 0.3) is 6.08 Å². The van der Waals surface area contributed by atoms with Crippen molar-refractivity contribution in [3.8, 4) is 5.75 Å². The van der Waals surface area contributed by atoms with Crippen molar-refractivity contribution < 1.29 is 9.90 Å². The number of rotatable bonds is 5. The summed E-state index contributed by atoms with van der Waals surface area (Å²) in [4.78, 5) is 19.3. The molecule has 0 saturated carbocycles. The third-order valence-electron chi connectivity index (χ3n) is 3.59. The van der Waals surface area contributed by atoms with Crippen LogP contribution in [-0.2, 0) is 4.79 Å². The second-order valence-corrected chi connectivity index (χ2v) is 6.53. The van der Waals surface area contributed by atoms with Gasteiger partial charge in [-0.05, 0) is 35.5 Å². The van der Waals surface area contributed by atoms with E-state index in [1.54, 1.807) is 41.3 Å². The number of phenols is 1. The van der Waals surface area contributed by atoms with Crippen LogP contribution in [-0.4, -0.2) is 27.6 Å². The third kappa shape index (κ3) is 4.32. The molecule has 130 valence electrons. The van der Waals surface area contributed by atoms with Gasteiger partial charge in [0.25, 0.3) is 5.91 Å². The molecule has 0 atom stereocenters. The quantitative estimate of drug-likeness (QED) is 0.617. The van der Waals surface area contributed by atoms with Gasteiger partial charge in [-0.3, -0.25) is 9.69 Å². The fourth-order valence-electron chi connectivity index (χ4n) is 2.38. The first-order valence-corrected chi connectivity index (χ1v) is 8.91. The van der Waals surface area contributed by atoms with Crippen LogP contribution in [0.5, 0.6) is 5.75 Å². The molecule has 3 rings (SSSR count). The van der Waals surface area contributed by atoms with Crippen molar-refractivity contribution >= 4 is 34.6 Å². The normalized spacial score (nSPS) is 17.5.